The Balaban J connectivity index is -0.0000000458. The van der Waals surface area contributed by atoms with Crippen molar-refractivity contribution in [3.8, 4) is 0 Å². The van der Waals surface area contributed by atoms with Gasteiger partial charge in [-0.05, 0) is 0 Å². The van der Waals surface area contributed by atoms with E-state index in [1.807, 2.05) is 20.3 Å². The van der Waals surface area contributed by atoms with Gasteiger partial charge >= 0.3 is 73.1 Å². The molecule has 0 fully saturated rings. The second kappa shape index (κ2) is 15.4. The fourth-order valence-electron chi connectivity index (χ4n) is 0. The molecule has 0 nitrogen and oxygen atoms in total. The monoisotopic (exact) mass is 343 g/mol. The normalized spacial score (nSPS) is 10.4. The van der Waals surface area contributed by atoms with Crippen LogP contribution in [0.4, 0.5) is 51.8 Å². The van der Waals surface area contributed by atoms with E-state index in [2.05, 4.69) is 0 Å². The third-order valence-corrected chi connectivity index (χ3v) is 0. The summed E-state index contributed by atoms with van der Waals surface area (Å²) in [6.07, 6.45) is 2.00. The molecule has 0 amide bonds. The standard InChI is InChI=1S/C3H7.3BF4.K/c1-3-2;3*2-1(3,4)5;/h3H,1-2H3;;;;/q4*-1;+1. The molecule has 0 aromatic carbocycles. The quantitative estimate of drug-likeness (QED) is 0.359. The molecule has 0 aliphatic heterocycles. The van der Waals surface area contributed by atoms with Crippen molar-refractivity contribution in [1.82, 2.24) is 0 Å². The zero-order valence-electron chi connectivity index (χ0n) is 9.84. The summed E-state index contributed by atoms with van der Waals surface area (Å²) in [4.78, 5) is 0. The zero-order chi connectivity index (χ0) is 16.2. The van der Waals surface area contributed by atoms with Crippen LogP contribution in [0.3, 0.4) is 0 Å². The van der Waals surface area contributed by atoms with Crippen molar-refractivity contribution in [2.24, 2.45) is 0 Å². The van der Waals surface area contributed by atoms with Crippen molar-refractivity contribution >= 4 is 21.8 Å². The minimum Gasteiger partial charge on any atom is -0.418 e. The third kappa shape index (κ3) is 5580. The summed E-state index contributed by atoms with van der Waals surface area (Å²) in [6.45, 7) is 4.00. The van der Waals surface area contributed by atoms with E-state index in [4.69, 9.17) is 0 Å². The topological polar surface area (TPSA) is 0 Å². The number of rotatable bonds is 0. The molecule has 0 spiro atoms. The van der Waals surface area contributed by atoms with Gasteiger partial charge < -0.3 is 58.2 Å². The fraction of sp³-hybridized carbons (Fsp3) is 0.667. The first kappa shape index (κ1) is 32.1. The molecule has 0 saturated carbocycles. The predicted molar refractivity (Wildman–Crippen MR) is 46.2 cm³/mol. The molecule has 0 aliphatic carbocycles. The van der Waals surface area contributed by atoms with Gasteiger partial charge in [0.25, 0.3) is 0 Å². The maximum Gasteiger partial charge on any atom is 1.00 e. The van der Waals surface area contributed by atoms with E-state index in [0.29, 0.717) is 0 Å². The van der Waals surface area contributed by atoms with Crippen LogP contribution < -0.4 is 51.4 Å². The molecule has 116 valence electrons. The van der Waals surface area contributed by atoms with E-state index in [9.17, 15) is 51.8 Å². The minimum atomic E-state index is -6.00. The first-order chi connectivity index (χ1) is 7.41. The molecular weight excluding hydrogens is 336 g/mol. The Kier molecular flexibility index (Phi) is 26.0. The van der Waals surface area contributed by atoms with Crippen molar-refractivity contribution in [3.05, 3.63) is 6.42 Å². The van der Waals surface area contributed by atoms with Crippen molar-refractivity contribution in [2.45, 2.75) is 13.8 Å². The van der Waals surface area contributed by atoms with Gasteiger partial charge in [0.2, 0.25) is 0 Å². The van der Waals surface area contributed by atoms with Gasteiger partial charge in [-0.15, -0.1) is 0 Å². The summed E-state index contributed by atoms with van der Waals surface area (Å²) >= 11 is 0. The molecule has 16 heteroatoms. The molecule has 0 heterocycles. The largest absolute Gasteiger partial charge is 1.00 e. The van der Waals surface area contributed by atoms with Gasteiger partial charge in [0.05, 0.1) is 0 Å². The van der Waals surface area contributed by atoms with Crippen LogP contribution in [-0.4, -0.2) is 21.8 Å². The first-order valence-corrected chi connectivity index (χ1v) is 3.77. The van der Waals surface area contributed by atoms with Crippen LogP contribution in [0, 0.1) is 6.42 Å². The van der Waals surface area contributed by atoms with Crippen molar-refractivity contribution in [3.63, 3.8) is 0 Å². The maximum atomic E-state index is 9.75. The van der Waals surface area contributed by atoms with E-state index in [0.717, 1.165) is 0 Å². The summed E-state index contributed by atoms with van der Waals surface area (Å²) in [5.74, 6) is 0. The second-order valence-electron chi connectivity index (χ2n) is 2.06. The molecule has 0 aliphatic rings. The summed E-state index contributed by atoms with van der Waals surface area (Å²) in [5.41, 5.74) is 0. The molecule has 0 saturated heterocycles. The zero-order valence-corrected chi connectivity index (χ0v) is 13.0. The Morgan fingerprint density at radius 2 is 0.474 bits per heavy atom. The number of hydrogen-bond acceptors (Lipinski definition) is 0. The second-order valence-corrected chi connectivity index (χ2v) is 2.06. The Bertz CT molecular complexity index is 115. The molecule has 0 atom stereocenters. The van der Waals surface area contributed by atoms with Crippen LogP contribution in [0.1, 0.15) is 13.8 Å². The Labute approximate surface area is 144 Å². The van der Waals surface area contributed by atoms with Crippen LogP contribution in [0.5, 0.6) is 0 Å². The van der Waals surface area contributed by atoms with Gasteiger partial charge in [-0.3, -0.25) is 0 Å². The molecule has 0 N–H and O–H groups in total. The van der Waals surface area contributed by atoms with Gasteiger partial charge in [-0.1, -0.05) is 0 Å². The number of halogens is 12. The van der Waals surface area contributed by atoms with Crippen LogP contribution >= 0.6 is 0 Å². The summed E-state index contributed by atoms with van der Waals surface area (Å²) in [7, 11) is -18.0. The minimum absolute atomic E-state index is 0. The van der Waals surface area contributed by atoms with E-state index < -0.39 is 21.8 Å². The Morgan fingerprint density at radius 1 is 0.474 bits per heavy atom. The molecule has 0 radical (unpaired) electrons. The van der Waals surface area contributed by atoms with Crippen LogP contribution in [0.15, 0.2) is 0 Å². The summed E-state index contributed by atoms with van der Waals surface area (Å²) in [6, 6.07) is 0. The Hall–Kier alpha value is 0.991. The molecule has 19 heavy (non-hydrogen) atoms. The number of hydrogen-bond donors (Lipinski definition) is 0. The molecule has 0 rings (SSSR count). The molecule has 0 aromatic heterocycles. The SMILES string of the molecule is C[CH-]C.F[B-](F)(F)F.F[B-](F)(F)F.F[B-](F)(F)F.[K+]. The van der Waals surface area contributed by atoms with E-state index in [1.165, 1.54) is 0 Å². The third-order valence-electron chi connectivity index (χ3n) is 0. The van der Waals surface area contributed by atoms with Gasteiger partial charge in [-0.2, -0.15) is 13.8 Å². The summed E-state index contributed by atoms with van der Waals surface area (Å²) < 4.78 is 117. The molecular formula is C3H7B3F12K-3. The maximum absolute atomic E-state index is 9.75. The van der Waals surface area contributed by atoms with Crippen molar-refractivity contribution < 1.29 is 103 Å². The van der Waals surface area contributed by atoms with E-state index in [-0.39, 0.29) is 51.4 Å². The average Bonchev–Trinajstić information content (AvgIpc) is 1.71. The van der Waals surface area contributed by atoms with Gasteiger partial charge in [0, 0.05) is 0 Å². The Morgan fingerprint density at radius 3 is 0.474 bits per heavy atom. The van der Waals surface area contributed by atoms with Crippen LogP contribution in [0.2, 0.25) is 0 Å². The van der Waals surface area contributed by atoms with Gasteiger partial charge in [0.1, 0.15) is 0 Å². The van der Waals surface area contributed by atoms with Gasteiger partial charge in [0.15, 0.2) is 0 Å². The molecule has 0 bridgehead atoms. The predicted octanol–water partition coefficient (Wildman–Crippen LogP) is 2.13. The smallest absolute Gasteiger partial charge is 0.418 e. The van der Waals surface area contributed by atoms with Crippen molar-refractivity contribution in [1.29, 1.82) is 0 Å². The van der Waals surface area contributed by atoms with Gasteiger partial charge in [-0.25, -0.2) is 0 Å². The first-order valence-electron chi connectivity index (χ1n) is 3.77. The van der Waals surface area contributed by atoms with Crippen LogP contribution in [-0.2, 0) is 0 Å². The van der Waals surface area contributed by atoms with Crippen LogP contribution in [0.25, 0.3) is 0 Å². The van der Waals surface area contributed by atoms with Crippen molar-refractivity contribution in [2.75, 3.05) is 0 Å². The van der Waals surface area contributed by atoms with E-state index in [1.54, 1.807) is 0 Å². The molecule has 0 unspecified atom stereocenters. The average molecular weight is 343 g/mol. The van der Waals surface area contributed by atoms with E-state index >= 15 is 0 Å². The fourth-order valence-corrected chi connectivity index (χ4v) is 0. The molecule has 0 aromatic rings. The summed E-state index contributed by atoms with van der Waals surface area (Å²) in [5, 5.41) is 0.